The number of hydrogen-bond acceptors (Lipinski definition) is 2. The van der Waals surface area contributed by atoms with Crippen molar-refractivity contribution in [2.45, 2.75) is 12.5 Å². The third-order valence-corrected chi connectivity index (χ3v) is 3.07. The zero-order valence-electron chi connectivity index (χ0n) is 11.6. The fourth-order valence-electron chi connectivity index (χ4n) is 2.00. The third kappa shape index (κ3) is 4.57. The minimum atomic E-state index is -0.472. The summed E-state index contributed by atoms with van der Waals surface area (Å²) in [7, 11) is 0. The van der Waals surface area contributed by atoms with E-state index in [1.165, 1.54) is 12.1 Å². The van der Waals surface area contributed by atoms with Gasteiger partial charge in [0.2, 0.25) is 0 Å². The van der Waals surface area contributed by atoms with Gasteiger partial charge < -0.3 is 16.4 Å². The number of rotatable bonds is 5. The van der Waals surface area contributed by atoms with Gasteiger partial charge in [-0.1, -0.05) is 42.5 Å². The smallest absolute Gasteiger partial charge is 0.319 e. The molecule has 0 aromatic heterocycles. The summed E-state index contributed by atoms with van der Waals surface area (Å²) in [6.45, 7) is 0.305. The Hall–Kier alpha value is -2.40. The molecule has 0 fully saturated rings. The van der Waals surface area contributed by atoms with E-state index in [0.717, 1.165) is 5.56 Å². The van der Waals surface area contributed by atoms with E-state index in [-0.39, 0.29) is 11.7 Å². The molecule has 0 saturated carbocycles. The molecule has 2 aromatic rings. The number of nitrogens with one attached hydrogen (secondary N) is 2. The number of halogens is 1. The maximum atomic E-state index is 13.4. The highest BCUT2D eigenvalue weighted by Crippen LogP contribution is 2.12. The molecule has 0 aliphatic carbocycles. The molecular weight excluding hydrogens is 269 g/mol. The van der Waals surface area contributed by atoms with Gasteiger partial charge in [-0.2, -0.15) is 0 Å². The van der Waals surface area contributed by atoms with E-state index < -0.39 is 11.8 Å². The minimum Gasteiger partial charge on any atom is -0.334 e. The fourth-order valence-corrected chi connectivity index (χ4v) is 2.00. The molecule has 0 bridgehead atoms. The largest absolute Gasteiger partial charge is 0.334 e. The maximum absolute atomic E-state index is 13.4. The molecule has 0 aliphatic heterocycles. The summed E-state index contributed by atoms with van der Waals surface area (Å²) < 4.78 is 13.4. The van der Waals surface area contributed by atoms with E-state index in [4.69, 9.17) is 5.73 Å². The van der Waals surface area contributed by atoms with Crippen LogP contribution in [0, 0.1) is 5.82 Å². The molecular formula is C16H18FN3O. The van der Waals surface area contributed by atoms with E-state index in [9.17, 15) is 9.18 Å². The van der Waals surface area contributed by atoms with Gasteiger partial charge in [0.25, 0.3) is 0 Å². The maximum Gasteiger partial charge on any atom is 0.319 e. The third-order valence-electron chi connectivity index (χ3n) is 3.07. The molecule has 1 unspecified atom stereocenters. The second-order valence-corrected chi connectivity index (χ2v) is 4.70. The molecule has 0 aliphatic rings. The van der Waals surface area contributed by atoms with Crippen molar-refractivity contribution in [3.05, 3.63) is 66.0 Å². The van der Waals surface area contributed by atoms with Crippen molar-refractivity contribution in [3.63, 3.8) is 0 Å². The van der Waals surface area contributed by atoms with Crippen LogP contribution in [0.25, 0.3) is 0 Å². The first-order chi connectivity index (χ1) is 10.2. The normalized spacial score (nSPS) is 11.7. The van der Waals surface area contributed by atoms with E-state index in [1.807, 2.05) is 30.3 Å². The summed E-state index contributed by atoms with van der Waals surface area (Å²) >= 11 is 0. The predicted octanol–water partition coefficient (Wildman–Crippen LogP) is 2.52. The number of anilines is 1. The Morgan fingerprint density at radius 3 is 2.43 bits per heavy atom. The van der Waals surface area contributed by atoms with E-state index in [2.05, 4.69) is 10.6 Å². The number of hydrogen-bond donors (Lipinski definition) is 3. The van der Waals surface area contributed by atoms with Crippen molar-refractivity contribution in [2.75, 3.05) is 11.9 Å². The van der Waals surface area contributed by atoms with Crippen LogP contribution in [0.1, 0.15) is 5.56 Å². The molecule has 0 radical (unpaired) electrons. The van der Waals surface area contributed by atoms with Crippen LogP contribution in [0.3, 0.4) is 0 Å². The van der Waals surface area contributed by atoms with Gasteiger partial charge in [0.15, 0.2) is 0 Å². The van der Waals surface area contributed by atoms with Gasteiger partial charge in [-0.05, 0) is 24.1 Å². The van der Waals surface area contributed by atoms with Gasteiger partial charge in [-0.25, -0.2) is 9.18 Å². The van der Waals surface area contributed by atoms with Crippen molar-refractivity contribution >= 4 is 11.7 Å². The topological polar surface area (TPSA) is 67.1 Å². The number of amides is 2. The summed E-state index contributed by atoms with van der Waals surface area (Å²) in [5.74, 6) is -0.472. The number of benzene rings is 2. The number of urea groups is 1. The quantitative estimate of drug-likeness (QED) is 0.791. The number of carbonyl (C=O) groups excluding carboxylic acids is 1. The molecule has 0 spiro atoms. The van der Waals surface area contributed by atoms with Crippen LogP contribution in [0.15, 0.2) is 54.6 Å². The predicted molar refractivity (Wildman–Crippen MR) is 81.5 cm³/mol. The van der Waals surface area contributed by atoms with Gasteiger partial charge in [-0.15, -0.1) is 0 Å². The lowest BCUT2D eigenvalue weighted by Crippen LogP contribution is -2.43. The van der Waals surface area contributed by atoms with Gasteiger partial charge >= 0.3 is 6.03 Å². The number of carbonyl (C=O) groups is 1. The summed E-state index contributed by atoms with van der Waals surface area (Å²) in [6.07, 6.45) is 0.627. The average molecular weight is 287 g/mol. The summed E-state index contributed by atoms with van der Waals surface area (Å²) in [6, 6.07) is 15.1. The zero-order valence-corrected chi connectivity index (χ0v) is 11.6. The number of nitrogens with two attached hydrogens (primary N) is 1. The Bertz CT molecular complexity index is 589. The summed E-state index contributed by atoms with van der Waals surface area (Å²) in [5.41, 5.74) is 6.90. The molecule has 2 amide bonds. The van der Waals surface area contributed by atoms with Crippen LogP contribution < -0.4 is 16.4 Å². The monoisotopic (exact) mass is 287 g/mol. The standard InChI is InChI=1S/C16H18FN3O/c17-14-8-4-5-9-15(14)20-16(21)19-13(11-18)10-12-6-2-1-3-7-12/h1-9,13H,10-11,18H2,(H2,19,20,21). The van der Waals surface area contributed by atoms with Gasteiger partial charge in [0.05, 0.1) is 5.69 Å². The first-order valence-electron chi connectivity index (χ1n) is 6.75. The molecule has 2 aromatic carbocycles. The highest BCUT2D eigenvalue weighted by Gasteiger charge is 2.12. The van der Waals surface area contributed by atoms with E-state index in [1.54, 1.807) is 12.1 Å². The average Bonchev–Trinajstić information content (AvgIpc) is 2.50. The molecule has 5 heteroatoms. The Kier molecular flexibility index (Phi) is 5.29. The second kappa shape index (κ2) is 7.40. The van der Waals surface area contributed by atoms with Crippen LogP contribution in [0.5, 0.6) is 0 Å². The first-order valence-corrected chi connectivity index (χ1v) is 6.75. The van der Waals surface area contributed by atoms with Crippen molar-refractivity contribution in [1.29, 1.82) is 0 Å². The Labute approximate surface area is 123 Å². The number of para-hydroxylation sites is 1. The molecule has 0 heterocycles. The summed E-state index contributed by atoms with van der Waals surface area (Å²) in [5, 5.41) is 5.23. The Balaban J connectivity index is 1.92. The lowest BCUT2D eigenvalue weighted by molar-refractivity contribution is 0.248. The zero-order chi connectivity index (χ0) is 15.1. The van der Waals surface area contributed by atoms with Crippen LogP contribution in [-0.4, -0.2) is 18.6 Å². The second-order valence-electron chi connectivity index (χ2n) is 4.70. The van der Waals surface area contributed by atoms with Crippen molar-refractivity contribution in [1.82, 2.24) is 5.32 Å². The van der Waals surface area contributed by atoms with Crippen LogP contribution >= 0.6 is 0 Å². The SMILES string of the molecule is NCC(Cc1ccccc1)NC(=O)Nc1ccccc1F. The van der Waals surface area contributed by atoms with Gasteiger partial charge in [0.1, 0.15) is 5.82 Å². The Morgan fingerprint density at radius 2 is 1.76 bits per heavy atom. The molecule has 2 rings (SSSR count). The van der Waals surface area contributed by atoms with Gasteiger partial charge in [-0.3, -0.25) is 0 Å². The van der Waals surface area contributed by atoms with Crippen molar-refractivity contribution in [2.24, 2.45) is 5.73 Å². The molecule has 1 atom stereocenters. The van der Waals surface area contributed by atoms with Crippen molar-refractivity contribution < 1.29 is 9.18 Å². The molecule has 0 saturated heterocycles. The highest BCUT2D eigenvalue weighted by atomic mass is 19.1. The van der Waals surface area contributed by atoms with Crippen LogP contribution in [0.2, 0.25) is 0 Å². The Morgan fingerprint density at radius 1 is 1.10 bits per heavy atom. The highest BCUT2D eigenvalue weighted by molar-refractivity contribution is 5.89. The van der Waals surface area contributed by atoms with E-state index >= 15 is 0 Å². The summed E-state index contributed by atoms with van der Waals surface area (Å²) in [4.78, 5) is 11.9. The molecule has 110 valence electrons. The van der Waals surface area contributed by atoms with Gasteiger partial charge in [0, 0.05) is 12.6 Å². The van der Waals surface area contributed by atoms with Crippen LogP contribution in [0.4, 0.5) is 14.9 Å². The van der Waals surface area contributed by atoms with E-state index in [0.29, 0.717) is 13.0 Å². The molecule has 4 nitrogen and oxygen atoms in total. The molecule has 4 N–H and O–H groups in total. The fraction of sp³-hybridized carbons (Fsp3) is 0.188. The van der Waals surface area contributed by atoms with Crippen molar-refractivity contribution in [3.8, 4) is 0 Å². The first kappa shape index (κ1) is 15.0. The lowest BCUT2D eigenvalue weighted by atomic mass is 10.1. The van der Waals surface area contributed by atoms with Crippen LogP contribution in [-0.2, 0) is 6.42 Å². The lowest BCUT2D eigenvalue weighted by Gasteiger charge is -2.17. The minimum absolute atomic E-state index is 0.144. The molecule has 21 heavy (non-hydrogen) atoms.